The summed E-state index contributed by atoms with van der Waals surface area (Å²) in [5, 5.41) is 0. The molecule has 0 aliphatic rings. The van der Waals surface area contributed by atoms with Gasteiger partial charge in [0.25, 0.3) is 0 Å². The zero-order valence-corrected chi connectivity index (χ0v) is 10.8. The second kappa shape index (κ2) is 5.65. The van der Waals surface area contributed by atoms with Crippen LogP contribution < -0.4 is 0 Å². The highest BCUT2D eigenvalue weighted by atomic mass is 32.2. The third kappa shape index (κ3) is 5.44. The number of benzene rings is 1. The first-order valence-corrected chi connectivity index (χ1v) is 6.00. The van der Waals surface area contributed by atoms with Gasteiger partial charge in [-0.05, 0) is 37.7 Å². The standard InChI is InChI=1S/C12H13F3O2S/c1-11(2,18-12(13,14)15)8-17-10(16)9-6-4-3-5-7-9/h3-7H,8H2,1-2H3. The van der Waals surface area contributed by atoms with Crippen LogP contribution in [0.1, 0.15) is 24.2 Å². The van der Waals surface area contributed by atoms with Gasteiger partial charge in [0.15, 0.2) is 0 Å². The molecule has 0 fully saturated rings. The van der Waals surface area contributed by atoms with Crippen LogP contribution in [0.2, 0.25) is 0 Å². The van der Waals surface area contributed by atoms with E-state index in [1.165, 1.54) is 13.8 Å². The van der Waals surface area contributed by atoms with Gasteiger partial charge in [0, 0.05) is 0 Å². The van der Waals surface area contributed by atoms with E-state index < -0.39 is 16.2 Å². The summed E-state index contributed by atoms with van der Waals surface area (Å²) in [6.45, 7) is 2.46. The number of thioether (sulfide) groups is 1. The first-order valence-electron chi connectivity index (χ1n) is 5.19. The van der Waals surface area contributed by atoms with Crippen LogP contribution in [0, 0.1) is 0 Å². The van der Waals surface area contributed by atoms with E-state index in [1.807, 2.05) is 0 Å². The molecule has 6 heteroatoms. The molecular formula is C12H13F3O2S. The van der Waals surface area contributed by atoms with Crippen LogP contribution in [-0.2, 0) is 4.74 Å². The average molecular weight is 278 g/mol. The topological polar surface area (TPSA) is 26.3 Å². The van der Waals surface area contributed by atoms with Crippen molar-refractivity contribution in [2.24, 2.45) is 0 Å². The number of esters is 1. The van der Waals surface area contributed by atoms with Crippen molar-refractivity contribution in [2.45, 2.75) is 24.1 Å². The third-order valence-corrected chi connectivity index (χ3v) is 2.85. The minimum atomic E-state index is -4.34. The van der Waals surface area contributed by atoms with E-state index >= 15 is 0 Å². The Bertz CT molecular complexity index is 402. The molecule has 0 bridgehead atoms. The summed E-state index contributed by atoms with van der Waals surface area (Å²) in [5.74, 6) is -0.619. The predicted molar refractivity (Wildman–Crippen MR) is 64.4 cm³/mol. The van der Waals surface area contributed by atoms with Gasteiger partial charge in [-0.3, -0.25) is 0 Å². The van der Waals surface area contributed by atoms with Crippen molar-refractivity contribution in [3.63, 3.8) is 0 Å². The fourth-order valence-electron chi connectivity index (χ4n) is 1.24. The molecule has 0 radical (unpaired) electrons. The summed E-state index contributed by atoms with van der Waals surface area (Å²) in [5.41, 5.74) is -4.02. The molecule has 0 saturated carbocycles. The summed E-state index contributed by atoms with van der Waals surface area (Å²) in [7, 11) is 0. The second-order valence-corrected chi connectivity index (χ2v) is 6.02. The Kier molecular flexibility index (Phi) is 4.67. The van der Waals surface area contributed by atoms with Crippen LogP contribution in [0.5, 0.6) is 0 Å². The maximum atomic E-state index is 12.2. The smallest absolute Gasteiger partial charge is 0.442 e. The van der Waals surface area contributed by atoms with Crippen molar-refractivity contribution >= 4 is 17.7 Å². The Hall–Kier alpha value is -1.17. The Labute approximate surface area is 108 Å². The van der Waals surface area contributed by atoms with Gasteiger partial charge in [-0.1, -0.05) is 18.2 Å². The molecule has 1 aromatic carbocycles. The van der Waals surface area contributed by atoms with E-state index in [0.717, 1.165) is 0 Å². The molecule has 100 valence electrons. The average Bonchev–Trinajstić information content (AvgIpc) is 2.24. The van der Waals surface area contributed by atoms with Gasteiger partial charge in [-0.15, -0.1) is 0 Å². The largest absolute Gasteiger partial charge is 0.461 e. The molecule has 0 atom stereocenters. The van der Waals surface area contributed by atoms with Gasteiger partial charge < -0.3 is 4.74 Å². The normalized spacial score (nSPS) is 12.3. The molecule has 0 aliphatic heterocycles. The lowest BCUT2D eigenvalue weighted by molar-refractivity contribution is -0.0349. The maximum absolute atomic E-state index is 12.2. The van der Waals surface area contributed by atoms with E-state index in [9.17, 15) is 18.0 Å². The van der Waals surface area contributed by atoms with Crippen molar-refractivity contribution in [1.82, 2.24) is 0 Å². The summed E-state index contributed by atoms with van der Waals surface area (Å²) in [6.07, 6.45) is 0. The Morgan fingerprint density at radius 3 is 2.28 bits per heavy atom. The lowest BCUT2D eigenvalue weighted by Gasteiger charge is -2.24. The number of rotatable bonds is 4. The van der Waals surface area contributed by atoms with Gasteiger partial charge in [-0.25, -0.2) is 4.79 Å². The first-order chi connectivity index (χ1) is 8.20. The van der Waals surface area contributed by atoms with Gasteiger partial charge in [0.1, 0.15) is 6.61 Å². The molecule has 0 aromatic heterocycles. The van der Waals surface area contributed by atoms with Crippen LogP contribution in [-0.4, -0.2) is 22.8 Å². The third-order valence-electron chi connectivity index (χ3n) is 1.95. The SMILES string of the molecule is CC(C)(COC(=O)c1ccccc1)SC(F)(F)F. The van der Waals surface area contributed by atoms with Crippen LogP contribution in [0.3, 0.4) is 0 Å². The molecule has 2 nitrogen and oxygen atoms in total. The van der Waals surface area contributed by atoms with E-state index in [4.69, 9.17) is 4.74 Å². The van der Waals surface area contributed by atoms with E-state index in [1.54, 1.807) is 30.3 Å². The van der Waals surface area contributed by atoms with E-state index in [2.05, 4.69) is 0 Å². The molecule has 1 aromatic rings. The predicted octanol–water partition coefficient (Wildman–Crippen LogP) is 3.88. The van der Waals surface area contributed by atoms with E-state index in [0.29, 0.717) is 5.56 Å². The van der Waals surface area contributed by atoms with Crippen LogP contribution in [0.25, 0.3) is 0 Å². The molecule has 0 amide bonds. The van der Waals surface area contributed by atoms with Crippen molar-refractivity contribution in [1.29, 1.82) is 0 Å². The minimum absolute atomic E-state index is 0.181. The highest BCUT2D eigenvalue weighted by molar-refractivity contribution is 8.01. The van der Waals surface area contributed by atoms with E-state index in [-0.39, 0.29) is 18.4 Å². The molecule has 18 heavy (non-hydrogen) atoms. The highest BCUT2D eigenvalue weighted by Gasteiger charge is 2.38. The zero-order valence-electron chi connectivity index (χ0n) is 9.95. The molecule has 0 aliphatic carbocycles. The minimum Gasteiger partial charge on any atom is -0.461 e. The van der Waals surface area contributed by atoms with Gasteiger partial charge in [0.2, 0.25) is 0 Å². The molecule has 1 rings (SSSR count). The second-order valence-electron chi connectivity index (χ2n) is 4.25. The summed E-state index contributed by atoms with van der Waals surface area (Å²) in [4.78, 5) is 11.5. The Balaban J connectivity index is 2.53. The number of carbonyl (C=O) groups excluding carboxylic acids is 1. The summed E-state index contributed by atoms with van der Waals surface area (Å²) < 4.78 is 40.3. The monoisotopic (exact) mass is 278 g/mol. The van der Waals surface area contributed by atoms with Crippen molar-refractivity contribution < 1.29 is 22.7 Å². The molecular weight excluding hydrogens is 265 g/mol. The van der Waals surface area contributed by atoms with Crippen LogP contribution in [0.15, 0.2) is 30.3 Å². The highest BCUT2D eigenvalue weighted by Crippen LogP contribution is 2.40. The molecule has 0 unspecified atom stereocenters. The van der Waals surface area contributed by atoms with Crippen molar-refractivity contribution in [3.8, 4) is 0 Å². The lowest BCUT2D eigenvalue weighted by Crippen LogP contribution is -2.28. The number of ether oxygens (including phenoxy) is 1. The first kappa shape index (κ1) is 14.9. The molecule has 0 saturated heterocycles. The lowest BCUT2D eigenvalue weighted by atomic mass is 10.2. The number of carbonyl (C=O) groups is 1. The summed E-state index contributed by atoms with van der Waals surface area (Å²) in [6, 6.07) is 8.15. The van der Waals surface area contributed by atoms with Gasteiger partial charge in [-0.2, -0.15) is 13.2 Å². The number of hydrogen-bond acceptors (Lipinski definition) is 3. The molecule has 0 heterocycles. The quantitative estimate of drug-likeness (QED) is 0.782. The number of halogens is 3. The fourth-order valence-corrected chi connectivity index (χ4v) is 1.98. The summed E-state index contributed by atoms with van der Waals surface area (Å²) >= 11 is -0.181. The Morgan fingerprint density at radius 1 is 1.22 bits per heavy atom. The number of alkyl halides is 3. The molecule has 0 N–H and O–H groups in total. The van der Waals surface area contributed by atoms with Crippen molar-refractivity contribution in [2.75, 3.05) is 6.61 Å². The maximum Gasteiger partial charge on any atom is 0.442 e. The Morgan fingerprint density at radius 2 is 1.78 bits per heavy atom. The zero-order chi connectivity index (χ0) is 13.8. The van der Waals surface area contributed by atoms with Gasteiger partial charge in [0.05, 0.1) is 10.3 Å². The van der Waals surface area contributed by atoms with Crippen molar-refractivity contribution in [3.05, 3.63) is 35.9 Å². The molecule has 0 spiro atoms. The number of hydrogen-bond donors (Lipinski definition) is 0. The fraction of sp³-hybridized carbons (Fsp3) is 0.417. The van der Waals surface area contributed by atoms with Gasteiger partial charge >= 0.3 is 11.5 Å². The van der Waals surface area contributed by atoms with Crippen LogP contribution >= 0.6 is 11.8 Å². The van der Waals surface area contributed by atoms with Crippen LogP contribution in [0.4, 0.5) is 13.2 Å².